The number of primary amides is 1. The van der Waals surface area contributed by atoms with Gasteiger partial charge in [0, 0.05) is 26.4 Å². The molecule has 1 saturated heterocycles. The number of hydrogen-bond acceptors (Lipinski definition) is 13. The van der Waals surface area contributed by atoms with E-state index in [1.165, 1.54) is 0 Å². The summed E-state index contributed by atoms with van der Waals surface area (Å²) in [7, 11) is 1.12. The van der Waals surface area contributed by atoms with Crippen molar-refractivity contribution in [2.24, 2.45) is 11.5 Å². The van der Waals surface area contributed by atoms with Crippen molar-refractivity contribution >= 4 is 47.3 Å². The van der Waals surface area contributed by atoms with Crippen LogP contribution in [0.5, 0.6) is 0 Å². The van der Waals surface area contributed by atoms with Crippen molar-refractivity contribution in [1.29, 1.82) is 0 Å². The van der Waals surface area contributed by atoms with E-state index >= 15 is 0 Å². The van der Waals surface area contributed by atoms with Crippen molar-refractivity contribution < 1.29 is 58.8 Å². The van der Waals surface area contributed by atoms with Gasteiger partial charge >= 0.3 is 0 Å². The first-order valence-corrected chi connectivity index (χ1v) is 17.7. The van der Waals surface area contributed by atoms with E-state index in [0.29, 0.717) is 5.56 Å². The molecule has 0 spiro atoms. The minimum Gasteiger partial charge on any atom is -0.394 e. The number of nitrogens with two attached hydrogens (primary N) is 2. The average molecular weight is 780 g/mol. The summed E-state index contributed by atoms with van der Waals surface area (Å²) in [4.78, 5) is 105. The van der Waals surface area contributed by atoms with Gasteiger partial charge in [0.15, 0.2) is 0 Å². The fourth-order valence-corrected chi connectivity index (χ4v) is 5.59. The van der Waals surface area contributed by atoms with Gasteiger partial charge in [-0.25, -0.2) is 0 Å². The van der Waals surface area contributed by atoms with E-state index in [2.05, 4.69) is 31.9 Å². The highest BCUT2D eigenvalue weighted by Crippen LogP contribution is 2.12. The molecule has 0 bridgehead atoms. The highest BCUT2D eigenvalue weighted by molar-refractivity contribution is 5.97. The van der Waals surface area contributed by atoms with Gasteiger partial charge in [0.1, 0.15) is 42.3 Å². The van der Waals surface area contributed by atoms with Crippen LogP contribution < -0.4 is 43.4 Å². The third kappa shape index (κ3) is 14.5. The van der Waals surface area contributed by atoms with Crippen LogP contribution in [-0.2, 0) is 44.8 Å². The number of aliphatic hydroxyl groups is 4. The third-order valence-corrected chi connectivity index (χ3v) is 8.75. The average Bonchev–Trinajstić information content (AvgIpc) is 3.15. The lowest BCUT2D eigenvalue weighted by Crippen LogP contribution is -2.62. The minimum atomic E-state index is -1.73. The minimum absolute atomic E-state index is 0.0217. The molecule has 14 N–H and O–H groups in total. The number of benzene rings is 1. The fourth-order valence-electron chi connectivity index (χ4n) is 5.59. The molecule has 1 aliphatic rings. The number of nitrogens with one attached hydrogen (secondary N) is 6. The van der Waals surface area contributed by atoms with Gasteiger partial charge in [-0.05, 0) is 38.2 Å². The van der Waals surface area contributed by atoms with Crippen LogP contribution in [0.15, 0.2) is 30.3 Å². The molecule has 1 aromatic rings. The first-order chi connectivity index (χ1) is 26.0. The van der Waals surface area contributed by atoms with Gasteiger partial charge in [0.2, 0.25) is 47.3 Å². The van der Waals surface area contributed by atoms with Gasteiger partial charge in [-0.15, -0.1) is 0 Å². The van der Waals surface area contributed by atoms with Crippen LogP contribution in [0.3, 0.4) is 0 Å². The lowest BCUT2D eigenvalue weighted by molar-refractivity contribution is -0.146. The van der Waals surface area contributed by atoms with E-state index in [1.807, 2.05) is 0 Å². The van der Waals surface area contributed by atoms with Gasteiger partial charge < -0.3 is 68.7 Å². The van der Waals surface area contributed by atoms with Gasteiger partial charge in [-0.2, -0.15) is 0 Å². The van der Waals surface area contributed by atoms with Crippen molar-refractivity contribution in [1.82, 2.24) is 36.8 Å². The van der Waals surface area contributed by atoms with Gasteiger partial charge in [0.05, 0.1) is 25.9 Å². The maximum Gasteiger partial charge on any atom is 0.246 e. The van der Waals surface area contributed by atoms with Gasteiger partial charge in [-0.1, -0.05) is 30.3 Å². The Morgan fingerprint density at radius 3 is 2.16 bits per heavy atom. The number of carbonyl (C=O) groups is 8. The smallest absolute Gasteiger partial charge is 0.246 e. The number of rotatable bonds is 13. The van der Waals surface area contributed by atoms with E-state index in [4.69, 9.17) is 11.5 Å². The largest absolute Gasteiger partial charge is 0.394 e. The van der Waals surface area contributed by atoms with Crippen molar-refractivity contribution in [3.05, 3.63) is 35.9 Å². The maximum atomic E-state index is 13.6. The molecular weight excluding hydrogens is 726 g/mol. The summed E-state index contributed by atoms with van der Waals surface area (Å²) in [5.41, 5.74) is 11.7. The summed E-state index contributed by atoms with van der Waals surface area (Å²) in [5, 5.41) is 54.2. The van der Waals surface area contributed by atoms with Crippen LogP contribution in [0, 0.1) is 0 Å². The second-order valence-corrected chi connectivity index (χ2v) is 13.1. The van der Waals surface area contributed by atoms with Gasteiger partial charge in [-0.3, -0.25) is 38.4 Å². The normalized spacial score (nSPS) is 22.9. The molecular formula is C34H53N9O12. The van der Waals surface area contributed by atoms with Crippen LogP contribution >= 0.6 is 0 Å². The predicted octanol–water partition coefficient (Wildman–Crippen LogP) is -6.27. The standard InChI is InChI=1S/C34H53N9O12/c1-18(47)27-33(54)42-25(17-46)31(52)38-21(30(51)41-24(16-45)32(53)40-23(28(36)49)14-19-8-4-3-5-9-19)10-6-7-13-37-26(48)12-11-22(34(55)43(27)2)39-29(50)20(35)15-44/h3-5,8-9,18,20-25,27,44-47H,6-7,10-17,35H2,1-2H3,(H2,36,49)(H,37,48)(H,38,52)(H,39,50)(H,40,53)(H,41,51)(H,42,54)/t18-,20+,21+,22+,23+,24+,25-,27-/m1/s1. The first-order valence-electron chi connectivity index (χ1n) is 17.7. The summed E-state index contributed by atoms with van der Waals surface area (Å²) in [6.45, 7) is -1.42. The SMILES string of the molecule is C[C@@H](O)[C@@H]1C(=O)N[C@H](CO)C(=O)N[C@H](C(=O)N[C@@H](CO)C(=O)N[C@@H](Cc2ccccc2)C(N)=O)CCCCNC(=O)CC[C@H](NC(=O)[C@@H](N)CO)C(=O)N1C. The summed E-state index contributed by atoms with van der Waals surface area (Å²) < 4.78 is 0. The highest BCUT2D eigenvalue weighted by Gasteiger charge is 2.38. The Hall–Kier alpha value is -5.22. The zero-order valence-electron chi connectivity index (χ0n) is 30.7. The van der Waals surface area contributed by atoms with E-state index in [-0.39, 0.29) is 45.1 Å². The van der Waals surface area contributed by atoms with Gasteiger partial charge in [0.25, 0.3) is 0 Å². The quantitative estimate of drug-likeness (QED) is 0.0888. The molecule has 8 amide bonds. The van der Waals surface area contributed by atoms with Crippen LogP contribution in [-0.4, -0.2) is 154 Å². The zero-order valence-corrected chi connectivity index (χ0v) is 30.7. The molecule has 21 nitrogen and oxygen atoms in total. The van der Waals surface area contributed by atoms with Crippen molar-refractivity contribution in [2.45, 2.75) is 93.8 Å². The highest BCUT2D eigenvalue weighted by atomic mass is 16.3. The van der Waals surface area contributed by atoms with E-state index < -0.39 is 115 Å². The lowest BCUT2D eigenvalue weighted by Gasteiger charge is -2.33. The Morgan fingerprint density at radius 2 is 1.58 bits per heavy atom. The Kier molecular flexibility index (Phi) is 19.1. The number of likely N-dealkylation sites (N-methyl/N-ethyl adjacent to an activating group) is 1. The van der Waals surface area contributed by atoms with Crippen LogP contribution in [0.4, 0.5) is 0 Å². The number of hydrogen-bond donors (Lipinski definition) is 12. The fraction of sp³-hybridized carbons (Fsp3) is 0.588. The molecule has 21 heteroatoms. The molecule has 0 aromatic heterocycles. The molecule has 0 radical (unpaired) electrons. The molecule has 0 aliphatic carbocycles. The number of carbonyl (C=O) groups excluding carboxylic acids is 8. The number of amides is 8. The van der Waals surface area contributed by atoms with E-state index in [0.717, 1.165) is 18.9 Å². The monoisotopic (exact) mass is 779 g/mol. The second-order valence-electron chi connectivity index (χ2n) is 13.1. The molecule has 55 heavy (non-hydrogen) atoms. The second kappa shape index (κ2) is 22.9. The summed E-state index contributed by atoms with van der Waals surface area (Å²) in [6, 6.07) is -1.87. The van der Waals surface area contributed by atoms with E-state index in [9.17, 15) is 58.8 Å². The van der Waals surface area contributed by atoms with Crippen LogP contribution in [0.25, 0.3) is 0 Å². The summed E-state index contributed by atoms with van der Waals surface area (Å²) in [5.74, 6) is -7.35. The molecule has 1 aromatic carbocycles. The van der Waals surface area contributed by atoms with Crippen molar-refractivity contribution in [2.75, 3.05) is 33.4 Å². The molecule has 306 valence electrons. The Morgan fingerprint density at radius 1 is 0.909 bits per heavy atom. The van der Waals surface area contributed by atoms with E-state index in [1.54, 1.807) is 30.3 Å². The number of aliphatic hydroxyl groups excluding tert-OH is 4. The molecule has 2 rings (SSSR count). The lowest BCUT2D eigenvalue weighted by atomic mass is 10.0. The maximum absolute atomic E-state index is 13.6. The Bertz CT molecular complexity index is 1500. The first kappa shape index (κ1) is 45.9. The van der Waals surface area contributed by atoms with Crippen molar-refractivity contribution in [3.63, 3.8) is 0 Å². The van der Waals surface area contributed by atoms with Crippen LogP contribution in [0.1, 0.15) is 44.6 Å². The molecule has 0 unspecified atom stereocenters. The molecule has 0 saturated carbocycles. The molecule has 1 fully saturated rings. The molecule has 1 heterocycles. The summed E-state index contributed by atoms with van der Waals surface area (Å²) in [6.07, 6.45) is -1.76. The Labute approximate surface area is 317 Å². The Balaban J connectivity index is 2.32. The topological polar surface area (TPSA) is 345 Å². The number of nitrogens with zero attached hydrogens (tertiary/aromatic N) is 1. The molecule has 8 atom stereocenters. The van der Waals surface area contributed by atoms with Crippen molar-refractivity contribution in [3.8, 4) is 0 Å². The van der Waals surface area contributed by atoms with Crippen LogP contribution in [0.2, 0.25) is 0 Å². The molecule has 1 aliphatic heterocycles. The zero-order chi connectivity index (χ0) is 41.2. The predicted molar refractivity (Wildman–Crippen MR) is 193 cm³/mol. The third-order valence-electron chi connectivity index (χ3n) is 8.75. The summed E-state index contributed by atoms with van der Waals surface area (Å²) >= 11 is 0.